The first-order valence-corrected chi connectivity index (χ1v) is 7.20. The van der Waals surface area contributed by atoms with Crippen LogP contribution < -0.4 is 11.1 Å². The number of carbonyl (C=O) groups excluding carboxylic acids is 1. The third-order valence-corrected chi connectivity index (χ3v) is 4.31. The summed E-state index contributed by atoms with van der Waals surface area (Å²) in [4.78, 5) is 15.5. The number of halogens is 5. The molecule has 0 spiro atoms. The molecule has 0 saturated carbocycles. The second-order valence-corrected chi connectivity index (χ2v) is 5.84. The van der Waals surface area contributed by atoms with Gasteiger partial charge in [0.15, 0.2) is 0 Å². The van der Waals surface area contributed by atoms with Crippen molar-refractivity contribution in [3.63, 3.8) is 0 Å². The predicted molar refractivity (Wildman–Crippen MR) is 75.7 cm³/mol. The molecule has 10 heteroatoms. The number of nitrogens with two attached hydrogens (primary N) is 1. The number of aromatic nitrogens is 1. The molecule has 2 rings (SSSR count). The minimum Gasteiger partial charge on any atom is -0.345 e. The van der Waals surface area contributed by atoms with Gasteiger partial charge in [0.25, 0.3) is 11.8 Å². The van der Waals surface area contributed by atoms with E-state index in [1.807, 2.05) is 5.32 Å². The topological polar surface area (TPSA) is 68.0 Å². The van der Waals surface area contributed by atoms with Crippen LogP contribution in [0.15, 0.2) is 12.1 Å². The van der Waals surface area contributed by atoms with E-state index in [0.29, 0.717) is 10.9 Å². The van der Waals surface area contributed by atoms with Gasteiger partial charge in [0, 0.05) is 5.39 Å². The maximum Gasteiger partial charge on any atom is 0.433 e. The zero-order valence-corrected chi connectivity index (χ0v) is 12.6. The zero-order chi connectivity index (χ0) is 17.4. The molecule has 0 aliphatic heterocycles. The lowest BCUT2D eigenvalue weighted by Crippen LogP contribution is -2.41. The quantitative estimate of drug-likeness (QED) is 0.831. The zero-order valence-electron chi connectivity index (χ0n) is 11.8. The Labute approximate surface area is 131 Å². The van der Waals surface area contributed by atoms with E-state index >= 15 is 0 Å². The fourth-order valence-electron chi connectivity index (χ4n) is 1.84. The van der Waals surface area contributed by atoms with Crippen LogP contribution in [0.25, 0.3) is 10.2 Å². The Morgan fingerprint density at radius 1 is 1.30 bits per heavy atom. The number of hydrogen-bond acceptors (Lipinski definition) is 4. The Morgan fingerprint density at radius 3 is 2.52 bits per heavy atom. The van der Waals surface area contributed by atoms with Gasteiger partial charge in [0.2, 0.25) is 0 Å². The van der Waals surface area contributed by atoms with Crippen molar-refractivity contribution in [2.75, 3.05) is 13.1 Å². The minimum atomic E-state index is -4.60. The molecule has 0 aliphatic carbocycles. The molecule has 0 aromatic carbocycles. The normalized spacial score (nSPS) is 12.7. The number of rotatable bonds is 4. The monoisotopic (exact) mass is 353 g/mol. The summed E-state index contributed by atoms with van der Waals surface area (Å²) in [5, 5.41) is 2.40. The lowest BCUT2D eigenvalue weighted by Gasteiger charge is -2.14. The molecule has 1 amide bonds. The standard InChI is InChI=1S/C13H12F5N3OS/c1-6-7-2-3-8(13(16,17)18)21-11(7)23-9(6)10(22)20-5-12(14,15)4-19/h2-3H,4-5,19H2,1H3,(H,20,22). The second kappa shape index (κ2) is 6.00. The minimum absolute atomic E-state index is 0.0214. The van der Waals surface area contributed by atoms with Crippen molar-refractivity contribution in [1.82, 2.24) is 10.3 Å². The third kappa shape index (κ3) is 3.75. The molecule has 2 aromatic heterocycles. The Kier molecular flexibility index (Phi) is 4.58. The molecular weight excluding hydrogens is 341 g/mol. The number of amides is 1. The first-order chi connectivity index (χ1) is 10.5. The van der Waals surface area contributed by atoms with Gasteiger partial charge < -0.3 is 11.1 Å². The third-order valence-electron chi connectivity index (χ3n) is 3.11. The van der Waals surface area contributed by atoms with Gasteiger partial charge in [-0.1, -0.05) is 0 Å². The van der Waals surface area contributed by atoms with Crippen LogP contribution in [0.1, 0.15) is 20.9 Å². The van der Waals surface area contributed by atoms with Crippen molar-refractivity contribution in [3.05, 3.63) is 28.3 Å². The predicted octanol–water partition coefficient (Wildman–Crippen LogP) is 2.95. The number of aryl methyl sites for hydroxylation is 1. The molecular formula is C13H12F5N3OS. The number of carbonyl (C=O) groups is 1. The highest BCUT2D eigenvalue weighted by molar-refractivity contribution is 7.20. The van der Waals surface area contributed by atoms with Crippen molar-refractivity contribution >= 4 is 27.5 Å². The lowest BCUT2D eigenvalue weighted by atomic mass is 10.1. The van der Waals surface area contributed by atoms with Crippen LogP contribution in [0.2, 0.25) is 0 Å². The van der Waals surface area contributed by atoms with Crippen molar-refractivity contribution < 1.29 is 26.7 Å². The van der Waals surface area contributed by atoms with E-state index in [-0.39, 0.29) is 9.71 Å². The van der Waals surface area contributed by atoms with Crippen molar-refractivity contribution in [2.45, 2.75) is 19.0 Å². The lowest BCUT2D eigenvalue weighted by molar-refractivity contribution is -0.140. The first kappa shape index (κ1) is 17.5. The van der Waals surface area contributed by atoms with E-state index in [1.54, 1.807) is 0 Å². The molecule has 0 radical (unpaired) electrons. The van der Waals surface area contributed by atoms with Gasteiger partial charge in [-0.25, -0.2) is 13.8 Å². The maximum absolute atomic E-state index is 13.0. The molecule has 0 bridgehead atoms. The average Bonchev–Trinajstić information content (AvgIpc) is 2.81. The summed E-state index contributed by atoms with van der Waals surface area (Å²) in [7, 11) is 0. The molecule has 3 N–H and O–H groups in total. The van der Waals surface area contributed by atoms with Crippen LogP contribution in [0.5, 0.6) is 0 Å². The number of fused-ring (bicyclic) bond motifs is 1. The number of thiophene rings is 1. The average molecular weight is 353 g/mol. The van der Waals surface area contributed by atoms with Gasteiger partial charge >= 0.3 is 6.18 Å². The summed E-state index contributed by atoms with van der Waals surface area (Å²) in [6, 6.07) is 2.02. The van der Waals surface area contributed by atoms with Gasteiger partial charge in [-0.15, -0.1) is 11.3 Å². The smallest absolute Gasteiger partial charge is 0.345 e. The van der Waals surface area contributed by atoms with E-state index in [4.69, 9.17) is 5.73 Å². The first-order valence-electron chi connectivity index (χ1n) is 6.38. The molecule has 4 nitrogen and oxygen atoms in total. The summed E-state index contributed by atoms with van der Waals surface area (Å²) < 4.78 is 64.0. The Bertz CT molecular complexity index is 741. The second-order valence-electron chi connectivity index (χ2n) is 4.85. The van der Waals surface area contributed by atoms with Crippen molar-refractivity contribution in [3.8, 4) is 0 Å². The molecule has 0 aliphatic rings. The fraction of sp³-hybridized carbons (Fsp3) is 0.385. The largest absolute Gasteiger partial charge is 0.433 e. The summed E-state index contributed by atoms with van der Waals surface area (Å²) in [5.41, 5.74) is 4.18. The van der Waals surface area contributed by atoms with Crippen LogP contribution in [0, 0.1) is 6.92 Å². The summed E-state index contributed by atoms with van der Waals surface area (Å²) in [6.07, 6.45) is -4.60. The fourth-order valence-corrected chi connectivity index (χ4v) is 2.93. The maximum atomic E-state index is 13.0. The van der Waals surface area contributed by atoms with Gasteiger partial charge in [0.1, 0.15) is 10.5 Å². The van der Waals surface area contributed by atoms with E-state index in [9.17, 15) is 26.7 Å². The molecule has 0 unspecified atom stereocenters. The van der Waals surface area contributed by atoms with Crippen LogP contribution in [-0.4, -0.2) is 29.9 Å². The number of alkyl halides is 5. The SMILES string of the molecule is Cc1c(C(=O)NCC(F)(F)CN)sc2nc(C(F)(F)F)ccc12. The summed E-state index contributed by atoms with van der Waals surface area (Å²) in [5.74, 6) is -4.05. The van der Waals surface area contributed by atoms with Crippen LogP contribution in [0.4, 0.5) is 22.0 Å². The number of pyridine rings is 1. The van der Waals surface area contributed by atoms with E-state index in [2.05, 4.69) is 4.98 Å². The molecule has 2 heterocycles. The summed E-state index contributed by atoms with van der Waals surface area (Å²) in [6.45, 7) is -0.351. The molecule has 0 fully saturated rings. The number of nitrogens with zero attached hydrogens (tertiary/aromatic N) is 1. The number of nitrogens with one attached hydrogen (secondary N) is 1. The van der Waals surface area contributed by atoms with Gasteiger partial charge in [-0.3, -0.25) is 4.79 Å². The van der Waals surface area contributed by atoms with Crippen LogP contribution >= 0.6 is 11.3 Å². The van der Waals surface area contributed by atoms with E-state index < -0.39 is 36.8 Å². The molecule has 2 aromatic rings. The molecule has 0 saturated heterocycles. The van der Waals surface area contributed by atoms with Crippen molar-refractivity contribution in [2.24, 2.45) is 5.73 Å². The van der Waals surface area contributed by atoms with Crippen LogP contribution in [-0.2, 0) is 6.18 Å². The van der Waals surface area contributed by atoms with E-state index in [1.165, 1.54) is 13.0 Å². The summed E-state index contributed by atoms with van der Waals surface area (Å²) >= 11 is 0.721. The van der Waals surface area contributed by atoms with Gasteiger partial charge in [-0.2, -0.15) is 13.2 Å². The van der Waals surface area contributed by atoms with E-state index in [0.717, 1.165) is 17.4 Å². The Morgan fingerprint density at radius 2 is 1.96 bits per heavy atom. The van der Waals surface area contributed by atoms with Crippen molar-refractivity contribution in [1.29, 1.82) is 0 Å². The molecule has 126 valence electrons. The van der Waals surface area contributed by atoms with Crippen LogP contribution in [0.3, 0.4) is 0 Å². The van der Waals surface area contributed by atoms with Gasteiger partial charge in [-0.05, 0) is 24.6 Å². The molecule has 0 atom stereocenters. The highest BCUT2D eigenvalue weighted by Crippen LogP contribution is 2.34. The van der Waals surface area contributed by atoms with Gasteiger partial charge in [0.05, 0.1) is 18.0 Å². The highest BCUT2D eigenvalue weighted by Gasteiger charge is 2.33. The highest BCUT2D eigenvalue weighted by atomic mass is 32.1. The Hall–Kier alpha value is -1.81. The number of hydrogen-bond donors (Lipinski definition) is 2. The molecule has 23 heavy (non-hydrogen) atoms. The Balaban J connectivity index is 2.31.